The van der Waals surface area contributed by atoms with Crippen molar-refractivity contribution in [3.05, 3.63) is 82.4 Å². The van der Waals surface area contributed by atoms with Gasteiger partial charge in [0.05, 0.1) is 11.7 Å². The van der Waals surface area contributed by atoms with Crippen molar-refractivity contribution in [1.29, 1.82) is 0 Å². The minimum atomic E-state index is -0.277. The average molecular weight is 407 g/mol. The molecule has 0 bridgehead atoms. The van der Waals surface area contributed by atoms with Gasteiger partial charge in [-0.25, -0.2) is 9.07 Å². The van der Waals surface area contributed by atoms with Crippen LogP contribution in [0.4, 0.5) is 4.39 Å². The van der Waals surface area contributed by atoms with Crippen LogP contribution in [0.15, 0.2) is 48.5 Å². The molecule has 1 unspecified atom stereocenters. The number of aryl methyl sites for hydroxylation is 1. The van der Waals surface area contributed by atoms with Gasteiger partial charge in [-0.2, -0.15) is 5.10 Å². The molecule has 0 radical (unpaired) electrons. The summed E-state index contributed by atoms with van der Waals surface area (Å²) in [6.45, 7) is 2.43. The quantitative estimate of drug-likeness (QED) is 0.677. The number of nitrogens with one attached hydrogen (secondary N) is 1. The van der Waals surface area contributed by atoms with E-state index in [1.54, 1.807) is 6.07 Å². The number of carbonyl (C=O) groups is 1. The molecule has 0 aliphatic heterocycles. The molecule has 30 heavy (non-hydrogen) atoms. The number of halogens is 1. The molecule has 1 aromatic heterocycles. The average Bonchev–Trinajstić information content (AvgIpc) is 3.31. The molecule has 0 saturated heterocycles. The van der Waals surface area contributed by atoms with Gasteiger partial charge in [-0.05, 0) is 70.1 Å². The van der Waals surface area contributed by atoms with Crippen molar-refractivity contribution in [2.24, 2.45) is 0 Å². The molecule has 1 aliphatic carbocycles. The number of hydrogen-bond acceptors (Lipinski definition) is 3. The smallest absolute Gasteiger partial charge is 0.272 e. The van der Waals surface area contributed by atoms with Crippen molar-refractivity contribution in [3.63, 3.8) is 0 Å². The maximum atomic E-state index is 13.7. The fourth-order valence-corrected chi connectivity index (χ4v) is 4.10. The van der Waals surface area contributed by atoms with E-state index in [-0.39, 0.29) is 17.8 Å². The maximum absolute atomic E-state index is 13.7. The Hall–Kier alpha value is -2.99. The van der Waals surface area contributed by atoms with Crippen LogP contribution in [0.3, 0.4) is 0 Å². The van der Waals surface area contributed by atoms with Gasteiger partial charge < -0.3 is 10.2 Å². The van der Waals surface area contributed by atoms with Crippen molar-refractivity contribution < 1.29 is 9.18 Å². The van der Waals surface area contributed by atoms with Gasteiger partial charge in [0.2, 0.25) is 0 Å². The summed E-state index contributed by atoms with van der Waals surface area (Å²) in [6, 6.07) is 14.6. The van der Waals surface area contributed by atoms with Crippen molar-refractivity contribution in [2.45, 2.75) is 32.2 Å². The summed E-state index contributed by atoms with van der Waals surface area (Å²) < 4.78 is 15.6. The molecule has 1 heterocycles. The van der Waals surface area contributed by atoms with Gasteiger partial charge in [0.25, 0.3) is 5.91 Å². The Balaban J connectivity index is 1.56. The van der Waals surface area contributed by atoms with Gasteiger partial charge in [-0.3, -0.25) is 4.79 Å². The predicted molar refractivity (Wildman–Crippen MR) is 115 cm³/mol. The first kappa shape index (κ1) is 20.3. The van der Waals surface area contributed by atoms with Crippen LogP contribution >= 0.6 is 0 Å². The van der Waals surface area contributed by atoms with E-state index in [9.17, 15) is 9.18 Å². The highest BCUT2D eigenvalue weighted by atomic mass is 19.1. The third kappa shape index (κ3) is 4.00. The summed E-state index contributed by atoms with van der Waals surface area (Å²) in [7, 11) is 3.84. The Bertz CT molecular complexity index is 1060. The molecular weight excluding hydrogens is 379 g/mol. The first-order chi connectivity index (χ1) is 14.4. The summed E-state index contributed by atoms with van der Waals surface area (Å²) in [5, 5.41) is 7.70. The zero-order valence-electron chi connectivity index (χ0n) is 17.7. The SMILES string of the molecule is Cc1ccc(-n2nc(C(=O)NCC(c3cccc(F)c3)N(C)C)c3c2CCC3)cc1. The van der Waals surface area contributed by atoms with E-state index in [0.717, 1.165) is 41.8 Å². The van der Waals surface area contributed by atoms with Gasteiger partial charge in [0.1, 0.15) is 5.82 Å². The lowest BCUT2D eigenvalue weighted by Gasteiger charge is -2.25. The minimum Gasteiger partial charge on any atom is -0.349 e. The van der Waals surface area contributed by atoms with E-state index in [1.165, 1.54) is 17.7 Å². The molecule has 0 fully saturated rings. The van der Waals surface area contributed by atoms with Crippen molar-refractivity contribution in [3.8, 4) is 5.69 Å². The molecular formula is C24H27FN4O. The molecule has 1 aliphatic rings. The van der Waals surface area contributed by atoms with E-state index in [2.05, 4.69) is 29.5 Å². The van der Waals surface area contributed by atoms with Gasteiger partial charge >= 0.3 is 0 Å². The lowest BCUT2D eigenvalue weighted by molar-refractivity contribution is 0.0935. The number of aromatic nitrogens is 2. The predicted octanol–water partition coefficient (Wildman–Crippen LogP) is 3.84. The summed E-state index contributed by atoms with van der Waals surface area (Å²) >= 11 is 0. The van der Waals surface area contributed by atoms with Gasteiger partial charge in [0.15, 0.2) is 5.69 Å². The lowest BCUT2D eigenvalue weighted by atomic mass is 10.1. The second-order valence-corrected chi connectivity index (χ2v) is 8.12. The third-order valence-electron chi connectivity index (χ3n) is 5.74. The van der Waals surface area contributed by atoms with Crippen LogP contribution in [-0.4, -0.2) is 41.2 Å². The lowest BCUT2D eigenvalue weighted by Crippen LogP contribution is -2.35. The highest BCUT2D eigenvalue weighted by molar-refractivity contribution is 5.94. The molecule has 156 valence electrons. The van der Waals surface area contributed by atoms with E-state index in [4.69, 9.17) is 0 Å². The van der Waals surface area contributed by atoms with Crippen LogP contribution in [0.2, 0.25) is 0 Å². The summed E-state index contributed by atoms with van der Waals surface area (Å²) in [5.41, 5.74) is 5.66. The van der Waals surface area contributed by atoms with Gasteiger partial charge in [-0.1, -0.05) is 29.8 Å². The number of fused-ring (bicyclic) bond motifs is 1. The molecule has 1 atom stereocenters. The van der Waals surface area contributed by atoms with Crippen LogP contribution in [0, 0.1) is 12.7 Å². The summed E-state index contributed by atoms with van der Waals surface area (Å²) in [6.07, 6.45) is 2.82. The fraction of sp³-hybridized carbons (Fsp3) is 0.333. The van der Waals surface area contributed by atoms with Crippen LogP contribution in [0.5, 0.6) is 0 Å². The normalized spacial score (nSPS) is 14.0. The van der Waals surface area contributed by atoms with Crippen LogP contribution in [0.1, 0.15) is 45.3 Å². The zero-order valence-corrected chi connectivity index (χ0v) is 17.7. The minimum absolute atomic E-state index is 0.128. The molecule has 4 rings (SSSR count). The van der Waals surface area contributed by atoms with Crippen molar-refractivity contribution >= 4 is 5.91 Å². The Morgan fingerprint density at radius 3 is 2.67 bits per heavy atom. The molecule has 0 saturated carbocycles. The fourth-order valence-electron chi connectivity index (χ4n) is 4.10. The second-order valence-electron chi connectivity index (χ2n) is 8.12. The van der Waals surface area contributed by atoms with Crippen molar-refractivity contribution in [1.82, 2.24) is 20.0 Å². The monoisotopic (exact) mass is 406 g/mol. The maximum Gasteiger partial charge on any atom is 0.272 e. The van der Waals surface area contributed by atoms with Crippen LogP contribution in [-0.2, 0) is 12.8 Å². The number of likely N-dealkylation sites (N-methyl/N-ethyl adjacent to an activating group) is 1. The largest absolute Gasteiger partial charge is 0.349 e. The molecule has 2 aromatic carbocycles. The van der Waals surface area contributed by atoms with Crippen LogP contribution in [0.25, 0.3) is 5.69 Å². The number of amides is 1. The van der Waals surface area contributed by atoms with Crippen LogP contribution < -0.4 is 5.32 Å². The first-order valence-corrected chi connectivity index (χ1v) is 10.3. The Labute approximate surface area is 176 Å². The van der Waals surface area contributed by atoms with Gasteiger partial charge in [-0.15, -0.1) is 0 Å². The molecule has 1 N–H and O–H groups in total. The van der Waals surface area contributed by atoms with Crippen molar-refractivity contribution in [2.75, 3.05) is 20.6 Å². The third-order valence-corrected chi connectivity index (χ3v) is 5.74. The molecule has 3 aromatic rings. The molecule has 6 heteroatoms. The number of rotatable bonds is 6. The van der Waals surface area contributed by atoms with E-state index in [1.807, 2.05) is 41.9 Å². The van der Waals surface area contributed by atoms with E-state index < -0.39 is 0 Å². The standard InChI is InChI=1S/C24H27FN4O/c1-16-10-12-19(13-11-16)29-21-9-5-8-20(21)23(27-29)24(30)26-15-22(28(2)3)17-6-4-7-18(25)14-17/h4,6-7,10-14,22H,5,8-9,15H2,1-3H3,(H,26,30). The molecule has 0 spiro atoms. The Kier molecular flexibility index (Phi) is 5.68. The Morgan fingerprint density at radius 2 is 1.97 bits per heavy atom. The van der Waals surface area contributed by atoms with Gasteiger partial charge in [0, 0.05) is 17.8 Å². The molecule has 5 nitrogen and oxygen atoms in total. The number of nitrogens with zero attached hydrogens (tertiary/aromatic N) is 3. The number of benzene rings is 2. The number of hydrogen-bond donors (Lipinski definition) is 1. The highest BCUT2D eigenvalue weighted by Crippen LogP contribution is 2.28. The zero-order chi connectivity index (χ0) is 21.3. The second kappa shape index (κ2) is 8.40. The summed E-state index contributed by atoms with van der Waals surface area (Å²) in [5.74, 6) is -0.456. The highest BCUT2D eigenvalue weighted by Gasteiger charge is 2.27. The van der Waals surface area contributed by atoms with E-state index >= 15 is 0 Å². The Morgan fingerprint density at radius 1 is 1.20 bits per heavy atom. The first-order valence-electron chi connectivity index (χ1n) is 10.3. The number of carbonyl (C=O) groups excluding carboxylic acids is 1. The summed E-state index contributed by atoms with van der Waals surface area (Å²) in [4.78, 5) is 15.0. The topological polar surface area (TPSA) is 50.2 Å². The molecule has 1 amide bonds. The van der Waals surface area contributed by atoms with E-state index in [0.29, 0.717) is 12.2 Å².